The van der Waals surface area contributed by atoms with E-state index in [0.29, 0.717) is 15.5 Å². The molecular weight excluding hydrogens is 260 g/mol. The molecule has 0 unspecified atom stereocenters. The lowest BCUT2D eigenvalue weighted by molar-refractivity contribution is 0.0693. The van der Waals surface area contributed by atoms with Crippen molar-refractivity contribution >= 4 is 17.7 Å². The summed E-state index contributed by atoms with van der Waals surface area (Å²) in [6.45, 7) is 1.83. The third-order valence-corrected chi connectivity index (χ3v) is 3.64. The highest BCUT2D eigenvalue weighted by molar-refractivity contribution is 7.99. The minimum atomic E-state index is -0.991. The molecule has 1 heterocycles. The Hall–Kier alpha value is -2.32. The van der Waals surface area contributed by atoms with Crippen molar-refractivity contribution < 1.29 is 9.90 Å². The summed E-state index contributed by atoms with van der Waals surface area (Å²) >= 11 is 1.19. The summed E-state index contributed by atoms with van der Waals surface area (Å²) in [5, 5.41) is 18.8. The summed E-state index contributed by atoms with van der Waals surface area (Å²) in [5.41, 5.74) is 1.51. The van der Waals surface area contributed by atoms with Crippen molar-refractivity contribution in [2.45, 2.75) is 16.8 Å². The summed E-state index contributed by atoms with van der Waals surface area (Å²) in [6, 6.07) is 10.5. The Morgan fingerprint density at radius 1 is 1.37 bits per heavy atom. The highest BCUT2D eigenvalue weighted by Crippen LogP contribution is 2.32. The first-order chi connectivity index (χ1) is 9.13. The Morgan fingerprint density at radius 3 is 2.79 bits per heavy atom. The average molecular weight is 270 g/mol. The van der Waals surface area contributed by atoms with Gasteiger partial charge in [-0.2, -0.15) is 5.26 Å². The third kappa shape index (κ3) is 2.75. The molecule has 19 heavy (non-hydrogen) atoms. The van der Waals surface area contributed by atoms with Gasteiger partial charge in [0, 0.05) is 11.1 Å². The van der Waals surface area contributed by atoms with Crippen LogP contribution in [-0.4, -0.2) is 16.1 Å². The summed E-state index contributed by atoms with van der Waals surface area (Å²) in [6.07, 6.45) is 1.61. The Kier molecular flexibility index (Phi) is 3.83. The first kappa shape index (κ1) is 13.1. The smallest absolute Gasteiger partial charge is 0.336 e. The van der Waals surface area contributed by atoms with Crippen molar-refractivity contribution in [2.75, 3.05) is 0 Å². The third-order valence-electron chi connectivity index (χ3n) is 2.56. The largest absolute Gasteiger partial charge is 0.478 e. The fourth-order valence-corrected chi connectivity index (χ4v) is 2.63. The van der Waals surface area contributed by atoms with Gasteiger partial charge >= 0.3 is 5.97 Å². The lowest BCUT2D eigenvalue weighted by Gasteiger charge is -2.07. The van der Waals surface area contributed by atoms with Gasteiger partial charge in [-0.3, -0.25) is 0 Å². The second kappa shape index (κ2) is 5.55. The van der Waals surface area contributed by atoms with Crippen LogP contribution in [0.5, 0.6) is 0 Å². The normalized spacial score (nSPS) is 9.89. The monoisotopic (exact) mass is 270 g/mol. The number of carboxylic acid groups (broad SMARTS) is 1. The molecule has 94 valence electrons. The van der Waals surface area contributed by atoms with Crippen molar-refractivity contribution in [3.8, 4) is 6.07 Å². The van der Waals surface area contributed by atoms with Gasteiger partial charge in [-0.25, -0.2) is 9.78 Å². The van der Waals surface area contributed by atoms with E-state index in [1.165, 1.54) is 17.8 Å². The van der Waals surface area contributed by atoms with E-state index in [0.717, 1.165) is 5.56 Å². The van der Waals surface area contributed by atoms with Gasteiger partial charge in [0.2, 0.25) is 0 Å². The van der Waals surface area contributed by atoms with Gasteiger partial charge in [-0.05, 0) is 30.7 Å². The summed E-state index contributed by atoms with van der Waals surface area (Å²) < 4.78 is 0. The number of hydrogen-bond donors (Lipinski definition) is 1. The van der Waals surface area contributed by atoms with E-state index in [1.54, 1.807) is 30.5 Å². The number of nitriles is 1. The molecule has 0 bridgehead atoms. The van der Waals surface area contributed by atoms with Gasteiger partial charge in [-0.1, -0.05) is 23.9 Å². The van der Waals surface area contributed by atoms with Gasteiger partial charge in [-0.15, -0.1) is 0 Å². The minimum Gasteiger partial charge on any atom is -0.478 e. The van der Waals surface area contributed by atoms with E-state index >= 15 is 0 Å². The zero-order valence-corrected chi connectivity index (χ0v) is 10.9. The van der Waals surface area contributed by atoms with Crippen LogP contribution < -0.4 is 0 Å². The quantitative estimate of drug-likeness (QED) is 0.927. The molecule has 5 heteroatoms. The zero-order valence-electron chi connectivity index (χ0n) is 10.1. The fourth-order valence-electron chi connectivity index (χ4n) is 1.58. The standard InChI is InChI=1S/C14H10N2O2S/c1-9-6-7-16-13(11(9)8-15)19-12-5-3-2-4-10(12)14(17)18/h2-7H,1H3,(H,17,18). The molecule has 2 aromatic rings. The summed E-state index contributed by atoms with van der Waals surface area (Å²) in [7, 11) is 0. The molecular formula is C14H10N2O2S. The predicted molar refractivity (Wildman–Crippen MR) is 71.2 cm³/mol. The zero-order chi connectivity index (χ0) is 13.8. The Bertz CT molecular complexity index is 677. The maximum absolute atomic E-state index is 11.1. The van der Waals surface area contributed by atoms with Crippen LogP contribution in [0, 0.1) is 18.3 Å². The molecule has 0 fully saturated rings. The van der Waals surface area contributed by atoms with Crippen molar-refractivity contribution in [3.63, 3.8) is 0 Å². The highest BCUT2D eigenvalue weighted by atomic mass is 32.2. The number of aryl methyl sites for hydroxylation is 1. The van der Waals surface area contributed by atoms with Crippen LogP contribution in [0.1, 0.15) is 21.5 Å². The van der Waals surface area contributed by atoms with E-state index in [9.17, 15) is 4.79 Å². The number of rotatable bonds is 3. The Labute approximate surface area is 114 Å². The number of carbonyl (C=O) groups is 1. The van der Waals surface area contributed by atoms with Crippen LogP contribution in [0.15, 0.2) is 46.5 Å². The number of carboxylic acids is 1. The van der Waals surface area contributed by atoms with Crippen LogP contribution >= 0.6 is 11.8 Å². The van der Waals surface area contributed by atoms with E-state index in [2.05, 4.69) is 11.1 Å². The lowest BCUT2D eigenvalue weighted by atomic mass is 10.2. The predicted octanol–water partition coefficient (Wildman–Crippen LogP) is 3.11. The number of benzene rings is 1. The maximum Gasteiger partial charge on any atom is 0.336 e. The first-order valence-corrected chi connectivity index (χ1v) is 6.31. The number of aromatic carboxylic acids is 1. The van der Waals surface area contributed by atoms with Gasteiger partial charge in [0.1, 0.15) is 11.1 Å². The van der Waals surface area contributed by atoms with Crippen LogP contribution in [0.2, 0.25) is 0 Å². The second-order valence-electron chi connectivity index (χ2n) is 3.82. The molecule has 0 spiro atoms. The SMILES string of the molecule is Cc1ccnc(Sc2ccccc2C(=O)O)c1C#N. The van der Waals surface area contributed by atoms with Crippen LogP contribution in [0.3, 0.4) is 0 Å². The summed E-state index contributed by atoms with van der Waals surface area (Å²) in [4.78, 5) is 15.9. The Balaban J connectivity index is 2.46. The molecule has 1 aromatic heterocycles. The lowest BCUT2D eigenvalue weighted by Crippen LogP contribution is -1.99. The molecule has 2 rings (SSSR count). The van der Waals surface area contributed by atoms with Gasteiger partial charge in [0.05, 0.1) is 11.1 Å². The summed E-state index contributed by atoms with van der Waals surface area (Å²) in [5.74, 6) is -0.991. The molecule has 0 saturated carbocycles. The highest BCUT2D eigenvalue weighted by Gasteiger charge is 2.14. The van der Waals surface area contributed by atoms with Crippen molar-refractivity contribution in [3.05, 3.63) is 53.2 Å². The molecule has 1 aromatic carbocycles. The van der Waals surface area contributed by atoms with Crippen molar-refractivity contribution in [1.29, 1.82) is 5.26 Å². The topological polar surface area (TPSA) is 74.0 Å². The van der Waals surface area contributed by atoms with Crippen molar-refractivity contribution in [1.82, 2.24) is 4.98 Å². The van der Waals surface area contributed by atoms with Crippen molar-refractivity contribution in [2.24, 2.45) is 0 Å². The molecule has 0 amide bonds. The molecule has 0 atom stereocenters. The van der Waals surface area contributed by atoms with Crippen LogP contribution in [-0.2, 0) is 0 Å². The molecule has 0 aliphatic rings. The van der Waals surface area contributed by atoms with E-state index in [-0.39, 0.29) is 5.56 Å². The molecule has 0 saturated heterocycles. The second-order valence-corrected chi connectivity index (χ2v) is 4.85. The number of hydrogen-bond acceptors (Lipinski definition) is 4. The molecule has 4 nitrogen and oxygen atoms in total. The minimum absolute atomic E-state index is 0.208. The molecule has 0 radical (unpaired) electrons. The van der Waals surface area contributed by atoms with E-state index in [4.69, 9.17) is 10.4 Å². The van der Waals surface area contributed by atoms with E-state index in [1.807, 2.05) is 6.92 Å². The number of pyridine rings is 1. The van der Waals surface area contributed by atoms with Gasteiger partial charge < -0.3 is 5.11 Å². The molecule has 0 aliphatic heterocycles. The maximum atomic E-state index is 11.1. The van der Waals surface area contributed by atoms with E-state index < -0.39 is 5.97 Å². The fraction of sp³-hybridized carbons (Fsp3) is 0.0714. The Morgan fingerprint density at radius 2 is 2.11 bits per heavy atom. The molecule has 0 aliphatic carbocycles. The van der Waals surface area contributed by atoms with Crippen LogP contribution in [0.25, 0.3) is 0 Å². The van der Waals surface area contributed by atoms with Crippen LogP contribution in [0.4, 0.5) is 0 Å². The number of aromatic nitrogens is 1. The van der Waals surface area contributed by atoms with Gasteiger partial charge in [0.25, 0.3) is 0 Å². The number of nitrogens with zero attached hydrogens (tertiary/aromatic N) is 2. The first-order valence-electron chi connectivity index (χ1n) is 5.49. The van der Waals surface area contributed by atoms with Gasteiger partial charge in [0.15, 0.2) is 0 Å². The average Bonchev–Trinajstić information content (AvgIpc) is 2.39. The molecule has 1 N–H and O–H groups in total.